The van der Waals surface area contributed by atoms with Gasteiger partial charge in [-0.25, -0.2) is 4.68 Å². The third-order valence-electron chi connectivity index (χ3n) is 5.60. The third-order valence-corrected chi connectivity index (χ3v) is 5.60. The van der Waals surface area contributed by atoms with Gasteiger partial charge in [-0.2, -0.15) is 0 Å². The first-order chi connectivity index (χ1) is 13.8. The number of aryl methyl sites for hydroxylation is 2. The van der Waals surface area contributed by atoms with E-state index in [1.54, 1.807) is 7.11 Å². The van der Waals surface area contributed by atoms with Crippen LogP contribution in [-0.2, 0) is 22.6 Å². The van der Waals surface area contributed by atoms with Crippen molar-refractivity contribution in [2.24, 2.45) is 0 Å². The Bertz CT molecular complexity index is 782. The highest BCUT2D eigenvalue weighted by Crippen LogP contribution is 2.39. The fourth-order valence-corrected chi connectivity index (χ4v) is 4.39. The minimum absolute atomic E-state index is 0.115. The molecule has 0 amide bonds. The zero-order chi connectivity index (χ0) is 21.1. The molecule has 1 saturated heterocycles. The van der Waals surface area contributed by atoms with Crippen molar-refractivity contribution < 1.29 is 9.47 Å². The second-order valence-corrected chi connectivity index (χ2v) is 9.05. The maximum Gasteiger partial charge on any atom is 0.174 e. The summed E-state index contributed by atoms with van der Waals surface area (Å²) in [5.74, 6) is 0.831. The zero-order valence-electron chi connectivity index (χ0n) is 18.7. The van der Waals surface area contributed by atoms with Crippen LogP contribution >= 0.6 is 0 Å². The van der Waals surface area contributed by atoms with E-state index in [0.717, 1.165) is 38.2 Å². The van der Waals surface area contributed by atoms with E-state index in [1.807, 2.05) is 4.68 Å². The predicted octanol–water partition coefficient (Wildman–Crippen LogP) is 2.95. The zero-order valence-corrected chi connectivity index (χ0v) is 18.7. The molecule has 8 nitrogen and oxygen atoms in total. The monoisotopic (exact) mass is 404 g/mol. The molecule has 1 aliphatic heterocycles. The first-order valence-corrected chi connectivity index (χ1v) is 10.6. The van der Waals surface area contributed by atoms with Gasteiger partial charge in [-0.15, -0.1) is 5.10 Å². The highest BCUT2D eigenvalue weighted by molar-refractivity contribution is 5.21. The number of rotatable bonds is 10. The van der Waals surface area contributed by atoms with Gasteiger partial charge in [0.1, 0.15) is 6.04 Å². The van der Waals surface area contributed by atoms with E-state index in [2.05, 4.69) is 78.4 Å². The molecular weight excluding hydrogens is 368 g/mol. The molecule has 2 aromatic rings. The van der Waals surface area contributed by atoms with Crippen LogP contribution < -0.4 is 5.32 Å². The molecular formula is C21H36N6O2. The Morgan fingerprint density at radius 3 is 2.76 bits per heavy atom. The Kier molecular flexibility index (Phi) is 6.76. The van der Waals surface area contributed by atoms with Crippen molar-refractivity contribution >= 4 is 0 Å². The summed E-state index contributed by atoms with van der Waals surface area (Å²) >= 11 is 0. The van der Waals surface area contributed by atoms with Crippen LogP contribution in [0.1, 0.15) is 71.4 Å². The molecule has 0 aromatic carbocycles. The molecule has 3 heterocycles. The van der Waals surface area contributed by atoms with E-state index < -0.39 is 0 Å². The van der Waals surface area contributed by atoms with Crippen LogP contribution in [-0.4, -0.2) is 55.7 Å². The highest BCUT2D eigenvalue weighted by atomic mass is 16.5. The van der Waals surface area contributed by atoms with Gasteiger partial charge in [0.05, 0.1) is 11.2 Å². The molecule has 3 rings (SSSR count). The molecule has 162 valence electrons. The van der Waals surface area contributed by atoms with Gasteiger partial charge in [0.2, 0.25) is 0 Å². The van der Waals surface area contributed by atoms with Crippen molar-refractivity contribution in [3.8, 4) is 0 Å². The van der Waals surface area contributed by atoms with Gasteiger partial charge in [-0.3, -0.25) is 5.32 Å². The largest absolute Gasteiger partial charge is 0.385 e. The molecule has 1 N–H and O–H groups in total. The maximum atomic E-state index is 6.33. The van der Waals surface area contributed by atoms with Gasteiger partial charge < -0.3 is 14.0 Å². The van der Waals surface area contributed by atoms with E-state index in [-0.39, 0.29) is 23.3 Å². The lowest BCUT2D eigenvalue weighted by Gasteiger charge is -2.31. The number of hydrogen-bond acceptors (Lipinski definition) is 6. The summed E-state index contributed by atoms with van der Waals surface area (Å²) < 4.78 is 15.7. The first-order valence-electron chi connectivity index (χ1n) is 10.6. The Balaban J connectivity index is 1.93. The van der Waals surface area contributed by atoms with Crippen LogP contribution in [0.15, 0.2) is 18.3 Å². The average Bonchev–Trinajstić information content (AvgIpc) is 3.32. The minimum Gasteiger partial charge on any atom is -0.385 e. The lowest BCUT2D eigenvalue weighted by atomic mass is 9.93. The van der Waals surface area contributed by atoms with Crippen LogP contribution in [0.5, 0.6) is 0 Å². The molecule has 8 heteroatoms. The van der Waals surface area contributed by atoms with Crippen molar-refractivity contribution in [1.82, 2.24) is 30.1 Å². The molecule has 0 spiro atoms. The fraction of sp³-hybridized carbons (Fsp3) is 0.762. The Labute approximate surface area is 174 Å². The van der Waals surface area contributed by atoms with Crippen molar-refractivity contribution in [2.75, 3.05) is 13.7 Å². The number of nitrogens with one attached hydrogen (secondary N) is 1. The summed E-state index contributed by atoms with van der Waals surface area (Å²) in [6, 6.07) is 4.32. The summed E-state index contributed by atoms with van der Waals surface area (Å²) in [7, 11) is 1.71. The van der Waals surface area contributed by atoms with E-state index in [0.29, 0.717) is 6.61 Å². The van der Waals surface area contributed by atoms with Crippen LogP contribution in [0.4, 0.5) is 0 Å². The molecule has 1 fully saturated rings. The highest BCUT2D eigenvalue weighted by Gasteiger charge is 2.47. The van der Waals surface area contributed by atoms with Gasteiger partial charge in [-0.05, 0) is 69.5 Å². The number of hydrogen-bond donors (Lipinski definition) is 1. The third kappa shape index (κ3) is 5.05. The van der Waals surface area contributed by atoms with Gasteiger partial charge in [0.15, 0.2) is 5.82 Å². The van der Waals surface area contributed by atoms with Gasteiger partial charge in [-0.1, -0.05) is 6.92 Å². The fourth-order valence-electron chi connectivity index (χ4n) is 4.39. The summed E-state index contributed by atoms with van der Waals surface area (Å²) in [5.41, 5.74) is 0.731. The minimum atomic E-state index is -0.280. The lowest BCUT2D eigenvalue weighted by Crippen LogP contribution is -2.46. The molecule has 2 aromatic heterocycles. The van der Waals surface area contributed by atoms with E-state index in [4.69, 9.17) is 9.47 Å². The maximum absolute atomic E-state index is 6.33. The molecule has 0 saturated carbocycles. The number of aromatic nitrogens is 5. The standard InChI is InChI=1S/C21H36N6O2/c1-7-11-26-12-8-10-16(26)18(19-23-24-25-27(19)13-9-14-28-6)22-17-15-20(2,3)29-21(17,4)5/h8,10,12,17-18,22H,7,9,11,13-15H2,1-6H3. The molecule has 1 aliphatic rings. The second kappa shape index (κ2) is 8.93. The summed E-state index contributed by atoms with van der Waals surface area (Å²) in [6.07, 6.45) is 4.99. The molecule has 0 radical (unpaired) electrons. The van der Waals surface area contributed by atoms with Crippen molar-refractivity contribution in [3.05, 3.63) is 29.8 Å². The van der Waals surface area contributed by atoms with Crippen molar-refractivity contribution in [1.29, 1.82) is 0 Å². The molecule has 2 atom stereocenters. The predicted molar refractivity (Wildman–Crippen MR) is 112 cm³/mol. The Morgan fingerprint density at radius 1 is 1.31 bits per heavy atom. The summed E-state index contributed by atoms with van der Waals surface area (Å²) in [5, 5.41) is 16.5. The lowest BCUT2D eigenvalue weighted by molar-refractivity contribution is -0.0703. The van der Waals surface area contributed by atoms with Crippen LogP contribution in [0.25, 0.3) is 0 Å². The SMILES string of the molecule is CCCn1cccc1C(NC1CC(C)(C)OC1(C)C)c1nnnn1CCCOC. The first kappa shape index (κ1) is 21.9. The van der Waals surface area contributed by atoms with E-state index >= 15 is 0 Å². The molecule has 2 unspecified atom stereocenters. The second-order valence-electron chi connectivity index (χ2n) is 9.05. The van der Waals surface area contributed by atoms with Crippen LogP contribution in [0.3, 0.4) is 0 Å². The smallest absolute Gasteiger partial charge is 0.174 e. The molecule has 29 heavy (non-hydrogen) atoms. The summed E-state index contributed by atoms with van der Waals surface area (Å²) in [6.45, 7) is 13.2. The number of ether oxygens (including phenoxy) is 2. The quantitative estimate of drug-likeness (QED) is 0.614. The van der Waals surface area contributed by atoms with Crippen LogP contribution in [0.2, 0.25) is 0 Å². The Morgan fingerprint density at radius 2 is 2.10 bits per heavy atom. The average molecular weight is 405 g/mol. The summed E-state index contributed by atoms with van der Waals surface area (Å²) in [4.78, 5) is 0. The van der Waals surface area contributed by atoms with Crippen molar-refractivity contribution in [3.63, 3.8) is 0 Å². The molecule has 0 aliphatic carbocycles. The molecule has 0 bridgehead atoms. The van der Waals surface area contributed by atoms with Gasteiger partial charge in [0.25, 0.3) is 0 Å². The van der Waals surface area contributed by atoms with Crippen molar-refractivity contribution in [2.45, 2.75) is 90.3 Å². The number of nitrogens with zero attached hydrogens (tertiary/aromatic N) is 5. The normalized spacial score (nSPS) is 21.5. The Hall–Kier alpha value is -1.77. The topological polar surface area (TPSA) is 79.0 Å². The van der Waals surface area contributed by atoms with E-state index in [9.17, 15) is 0 Å². The van der Waals surface area contributed by atoms with Crippen LogP contribution in [0, 0.1) is 0 Å². The number of methoxy groups -OCH3 is 1. The number of tetrazole rings is 1. The van der Waals surface area contributed by atoms with E-state index in [1.165, 1.54) is 5.69 Å². The van der Waals surface area contributed by atoms with Gasteiger partial charge in [0, 0.05) is 44.7 Å². The van der Waals surface area contributed by atoms with Gasteiger partial charge >= 0.3 is 0 Å².